The number of para-hydroxylation sites is 3. The van der Waals surface area contributed by atoms with Crippen molar-refractivity contribution in [2.45, 2.75) is 6.42 Å². The minimum Gasteiger partial charge on any atom is -0.339 e. The minimum atomic E-state index is -0.248. The molecule has 31 heavy (non-hydrogen) atoms. The largest absolute Gasteiger partial charge is 0.339 e. The highest BCUT2D eigenvalue weighted by atomic mass is 32.1. The molecular weight excluding hydrogens is 408 g/mol. The van der Waals surface area contributed by atoms with Gasteiger partial charge in [-0.05, 0) is 60.6 Å². The van der Waals surface area contributed by atoms with E-state index in [2.05, 4.69) is 27.3 Å². The van der Waals surface area contributed by atoms with Gasteiger partial charge >= 0.3 is 0 Å². The zero-order valence-corrected chi connectivity index (χ0v) is 17.7. The first kappa shape index (κ1) is 19.3. The van der Waals surface area contributed by atoms with Gasteiger partial charge in [0.1, 0.15) is 0 Å². The molecular formula is C24H20N4O2S. The summed E-state index contributed by atoms with van der Waals surface area (Å²) < 4.78 is 1.69. The molecule has 6 nitrogen and oxygen atoms in total. The van der Waals surface area contributed by atoms with Crippen LogP contribution in [-0.2, 0) is 13.5 Å². The van der Waals surface area contributed by atoms with Crippen molar-refractivity contribution >= 4 is 46.1 Å². The number of nitrogens with one attached hydrogen (secondary N) is 2. The Labute approximate surface area is 183 Å². The Morgan fingerprint density at radius 2 is 1.77 bits per heavy atom. The van der Waals surface area contributed by atoms with Gasteiger partial charge in [-0.25, -0.2) is 0 Å². The highest BCUT2D eigenvalue weighted by Gasteiger charge is 2.22. The molecule has 0 atom stereocenters. The van der Waals surface area contributed by atoms with Gasteiger partial charge in [0.05, 0.1) is 22.3 Å². The van der Waals surface area contributed by atoms with Crippen molar-refractivity contribution in [3.8, 4) is 0 Å². The molecule has 0 radical (unpaired) electrons. The third-order valence-electron chi connectivity index (χ3n) is 5.69. The summed E-state index contributed by atoms with van der Waals surface area (Å²) >= 11 is 5.19. The molecule has 2 heterocycles. The molecule has 1 aromatic heterocycles. The van der Waals surface area contributed by atoms with Crippen molar-refractivity contribution in [2.24, 2.45) is 7.05 Å². The molecule has 7 heteroatoms. The first-order valence-corrected chi connectivity index (χ1v) is 10.4. The number of rotatable bonds is 3. The number of benzene rings is 3. The van der Waals surface area contributed by atoms with E-state index in [0.717, 1.165) is 24.3 Å². The molecule has 1 aliphatic heterocycles. The molecule has 0 fully saturated rings. The fourth-order valence-electron chi connectivity index (χ4n) is 4.05. The Bertz CT molecular complexity index is 1450. The number of hydrogen-bond acceptors (Lipinski definition) is 4. The van der Waals surface area contributed by atoms with E-state index in [-0.39, 0.29) is 11.5 Å². The molecule has 0 aliphatic carbocycles. The molecule has 3 aromatic carbocycles. The zero-order valence-electron chi connectivity index (χ0n) is 16.9. The van der Waals surface area contributed by atoms with Gasteiger partial charge in [-0.1, -0.05) is 30.3 Å². The van der Waals surface area contributed by atoms with E-state index in [9.17, 15) is 9.59 Å². The van der Waals surface area contributed by atoms with Crippen molar-refractivity contribution in [2.75, 3.05) is 16.8 Å². The third-order valence-corrected chi connectivity index (χ3v) is 6.07. The average molecular weight is 429 g/mol. The summed E-state index contributed by atoms with van der Waals surface area (Å²) in [6, 6.07) is 21.1. The van der Waals surface area contributed by atoms with Crippen molar-refractivity contribution < 1.29 is 4.79 Å². The van der Waals surface area contributed by atoms with E-state index in [1.807, 2.05) is 36.4 Å². The second-order valence-corrected chi connectivity index (χ2v) is 7.94. The lowest BCUT2D eigenvalue weighted by Crippen LogP contribution is -2.20. The highest BCUT2D eigenvalue weighted by Crippen LogP contribution is 2.38. The summed E-state index contributed by atoms with van der Waals surface area (Å²) in [6.45, 7) is 0.863. The summed E-state index contributed by atoms with van der Waals surface area (Å²) in [5.74, 6) is -0.248. The summed E-state index contributed by atoms with van der Waals surface area (Å²) in [7, 11) is 1.62. The number of aromatic nitrogens is 2. The van der Waals surface area contributed by atoms with Crippen molar-refractivity contribution in [1.29, 1.82) is 0 Å². The van der Waals surface area contributed by atoms with Crippen LogP contribution in [0.1, 0.15) is 15.9 Å². The molecule has 0 saturated heterocycles. The number of aromatic amines is 1. The van der Waals surface area contributed by atoms with Crippen LogP contribution < -0.4 is 15.8 Å². The number of fused-ring (bicyclic) bond motifs is 2. The van der Waals surface area contributed by atoms with Gasteiger partial charge in [0.15, 0.2) is 4.77 Å². The van der Waals surface area contributed by atoms with Crippen LogP contribution in [0, 0.1) is 4.77 Å². The van der Waals surface area contributed by atoms with Crippen LogP contribution >= 0.6 is 12.2 Å². The second kappa shape index (κ2) is 7.52. The Kier molecular flexibility index (Phi) is 4.67. The van der Waals surface area contributed by atoms with Crippen molar-refractivity contribution in [3.05, 3.63) is 93.0 Å². The number of nitrogens with zero attached hydrogens (tertiary/aromatic N) is 2. The van der Waals surface area contributed by atoms with E-state index < -0.39 is 0 Å². The van der Waals surface area contributed by atoms with E-state index in [4.69, 9.17) is 12.2 Å². The Balaban J connectivity index is 1.49. The van der Waals surface area contributed by atoms with E-state index in [1.165, 1.54) is 15.8 Å². The third kappa shape index (κ3) is 3.33. The maximum absolute atomic E-state index is 13.1. The van der Waals surface area contributed by atoms with Crippen LogP contribution in [0.3, 0.4) is 0 Å². The lowest BCUT2D eigenvalue weighted by atomic mass is 10.1. The lowest BCUT2D eigenvalue weighted by Gasteiger charge is -2.23. The van der Waals surface area contributed by atoms with Crippen molar-refractivity contribution in [3.63, 3.8) is 0 Å². The average Bonchev–Trinajstić information content (AvgIpc) is 3.21. The van der Waals surface area contributed by atoms with Gasteiger partial charge in [-0.15, -0.1) is 0 Å². The number of anilines is 3. The molecule has 4 aromatic rings. The number of H-pyrrole nitrogens is 1. The Morgan fingerprint density at radius 1 is 1.03 bits per heavy atom. The molecule has 0 unspecified atom stereocenters. The fraction of sp³-hybridized carbons (Fsp3) is 0.125. The molecule has 5 rings (SSSR count). The van der Waals surface area contributed by atoms with Gasteiger partial charge < -0.3 is 15.2 Å². The first-order valence-electron chi connectivity index (χ1n) is 10.0. The molecule has 1 aliphatic rings. The van der Waals surface area contributed by atoms with Crippen LogP contribution in [0.15, 0.2) is 71.5 Å². The molecule has 154 valence electrons. The predicted octanol–water partition coefficient (Wildman–Crippen LogP) is 4.54. The smallest absolute Gasteiger partial charge is 0.261 e. The minimum absolute atomic E-state index is 0.191. The SMILES string of the molecule is Cn1c(=S)[nH]c2cc(C(=O)Nc3ccccc3N3CCc4ccccc43)ccc2c1=O. The maximum atomic E-state index is 13.1. The summed E-state index contributed by atoms with van der Waals surface area (Å²) in [5, 5.41) is 3.52. The van der Waals surface area contributed by atoms with Gasteiger partial charge in [0.25, 0.3) is 11.5 Å². The van der Waals surface area contributed by atoms with Crippen LogP contribution in [0.2, 0.25) is 0 Å². The fourth-order valence-corrected chi connectivity index (χ4v) is 4.24. The monoisotopic (exact) mass is 428 g/mol. The Morgan fingerprint density at radius 3 is 2.61 bits per heavy atom. The Hall–Kier alpha value is -3.71. The first-order chi connectivity index (χ1) is 15.0. The lowest BCUT2D eigenvalue weighted by molar-refractivity contribution is 0.102. The van der Waals surface area contributed by atoms with Gasteiger partial charge in [-0.3, -0.25) is 14.2 Å². The number of amides is 1. The summed E-state index contributed by atoms with van der Waals surface area (Å²) in [4.78, 5) is 30.7. The van der Waals surface area contributed by atoms with Gasteiger partial charge in [-0.2, -0.15) is 0 Å². The summed E-state index contributed by atoms with van der Waals surface area (Å²) in [6.07, 6.45) is 0.970. The molecule has 0 bridgehead atoms. The number of carbonyl (C=O) groups excluding carboxylic acids is 1. The number of carbonyl (C=O) groups is 1. The van der Waals surface area contributed by atoms with Crippen LogP contribution in [-0.4, -0.2) is 22.0 Å². The second-order valence-electron chi connectivity index (χ2n) is 7.56. The van der Waals surface area contributed by atoms with Crippen molar-refractivity contribution in [1.82, 2.24) is 9.55 Å². The van der Waals surface area contributed by atoms with E-state index >= 15 is 0 Å². The normalized spacial score (nSPS) is 12.7. The quantitative estimate of drug-likeness (QED) is 0.470. The molecule has 2 N–H and O–H groups in total. The number of hydrogen-bond donors (Lipinski definition) is 2. The zero-order chi connectivity index (χ0) is 21.5. The standard InChI is InChI=1S/C24H20N4O2S/c1-27-23(30)17-11-10-16(14-19(17)26-24(27)31)22(29)25-18-7-3-5-9-21(18)28-13-12-15-6-2-4-8-20(15)28/h2-11,14H,12-13H2,1H3,(H,25,29)(H,26,31). The maximum Gasteiger partial charge on any atom is 0.261 e. The topological polar surface area (TPSA) is 70.1 Å². The van der Waals surface area contributed by atoms with Crippen LogP contribution in [0.5, 0.6) is 0 Å². The molecule has 1 amide bonds. The molecule has 0 saturated carbocycles. The highest BCUT2D eigenvalue weighted by molar-refractivity contribution is 7.71. The van der Waals surface area contributed by atoms with Crippen LogP contribution in [0.25, 0.3) is 10.9 Å². The van der Waals surface area contributed by atoms with E-state index in [0.29, 0.717) is 21.2 Å². The predicted molar refractivity (Wildman–Crippen MR) is 126 cm³/mol. The van der Waals surface area contributed by atoms with Gasteiger partial charge in [0, 0.05) is 24.8 Å². The molecule has 0 spiro atoms. The van der Waals surface area contributed by atoms with Gasteiger partial charge in [0.2, 0.25) is 0 Å². The van der Waals surface area contributed by atoms with E-state index in [1.54, 1.807) is 25.2 Å². The van der Waals surface area contributed by atoms with Crippen LogP contribution in [0.4, 0.5) is 17.1 Å². The summed E-state index contributed by atoms with van der Waals surface area (Å²) in [5.41, 5.74) is 4.96.